The number of nitrogens with zero attached hydrogens (tertiary/aromatic N) is 3. The van der Waals surface area contributed by atoms with Crippen molar-refractivity contribution in [2.45, 2.75) is 13.3 Å². The Kier molecular flexibility index (Phi) is 5.20. The van der Waals surface area contributed by atoms with Crippen molar-refractivity contribution in [3.05, 3.63) is 76.2 Å². The Labute approximate surface area is 174 Å². The Bertz CT molecular complexity index is 1320. The number of amides is 1. The minimum atomic E-state index is -0.901. The number of anilines is 1. The van der Waals surface area contributed by atoms with Crippen molar-refractivity contribution in [3.63, 3.8) is 0 Å². The molecule has 0 saturated heterocycles. The zero-order valence-electron chi connectivity index (χ0n) is 16.5. The second-order valence-corrected chi connectivity index (χ2v) is 6.58. The number of para-hydroxylation sites is 1. The van der Waals surface area contributed by atoms with Gasteiger partial charge < -0.3 is 14.2 Å². The lowest BCUT2D eigenvalue weighted by Crippen LogP contribution is -2.13. The molecule has 0 saturated carbocycles. The molecule has 3 heterocycles. The summed E-state index contributed by atoms with van der Waals surface area (Å²) >= 11 is 0. The van der Waals surface area contributed by atoms with Gasteiger partial charge in [0.1, 0.15) is 23.1 Å². The summed E-state index contributed by atoms with van der Waals surface area (Å²) < 4.78 is 39.4. The van der Waals surface area contributed by atoms with Gasteiger partial charge in [-0.1, -0.05) is 13.0 Å². The van der Waals surface area contributed by atoms with Gasteiger partial charge in [0.2, 0.25) is 0 Å². The molecule has 1 N–H and O–H groups in total. The Morgan fingerprint density at radius 1 is 1.16 bits per heavy atom. The Hall–Kier alpha value is -4.08. The van der Waals surface area contributed by atoms with Crippen LogP contribution in [0.1, 0.15) is 23.2 Å². The molecule has 0 bridgehead atoms. The lowest BCUT2D eigenvalue weighted by molar-refractivity contribution is 0.0996. The summed E-state index contributed by atoms with van der Waals surface area (Å²) in [4.78, 5) is 28.4. The molecule has 3 aromatic heterocycles. The van der Waals surface area contributed by atoms with Crippen molar-refractivity contribution < 1.29 is 22.4 Å². The van der Waals surface area contributed by atoms with Gasteiger partial charge >= 0.3 is 5.76 Å². The van der Waals surface area contributed by atoms with Crippen LogP contribution in [-0.2, 0) is 13.5 Å². The first-order chi connectivity index (χ1) is 14.9. The van der Waals surface area contributed by atoms with Crippen LogP contribution in [0.3, 0.4) is 0 Å². The minimum absolute atomic E-state index is 0.0865. The Morgan fingerprint density at radius 3 is 2.55 bits per heavy atom. The lowest BCUT2D eigenvalue weighted by atomic mass is 10.1. The number of halogens is 2. The molecule has 0 aliphatic rings. The molecule has 0 radical (unpaired) electrons. The number of aryl methyl sites for hydroxylation is 2. The van der Waals surface area contributed by atoms with Gasteiger partial charge in [-0.2, -0.15) is 4.68 Å². The van der Waals surface area contributed by atoms with E-state index in [1.165, 1.54) is 25.4 Å². The molecule has 0 atom stereocenters. The molecule has 0 spiro atoms. The van der Waals surface area contributed by atoms with Crippen LogP contribution in [0.25, 0.3) is 22.8 Å². The highest BCUT2D eigenvalue weighted by Gasteiger charge is 2.19. The van der Waals surface area contributed by atoms with Gasteiger partial charge in [-0.3, -0.25) is 9.78 Å². The molecular formula is C21H16F2N4O4. The molecule has 1 amide bonds. The number of nitrogens with one attached hydrogen (secondary N) is 1. The second kappa shape index (κ2) is 7.98. The largest absolute Gasteiger partial charge is 0.451 e. The van der Waals surface area contributed by atoms with Gasteiger partial charge in [0.15, 0.2) is 5.76 Å². The maximum Gasteiger partial charge on any atom is 0.437 e. The SMILES string of the molecule is CCc1ncc(-c2nn(C)c(=O)o2)cc1-c1ccc(C(=O)Nc2c(F)cccc2F)o1. The van der Waals surface area contributed by atoms with Crippen molar-refractivity contribution in [2.24, 2.45) is 7.05 Å². The first-order valence-corrected chi connectivity index (χ1v) is 9.26. The summed E-state index contributed by atoms with van der Waals surface area (Å²) in [5.74, 6) is -2.98. The quantitative estimate of drug-likeness (QED) is 0.521. The van der Waals surface area contributed by atoms with Gasteiger partial charge in [-0.15, -0.1) is 5.10 Å². The number of rotatable bonds is 5. The highest BCUT2D eigenvalue weighted by molar-refractivity contribution is 6.02. The van der Waals surface area contributed by atoms with Gasteiger partial charge in [0.05, 0.1) is 11.3 Å². The molecule has 10 heteroatoms. The number of carbonyl (C=O) groups is 1. The van der Waals surface area contributed by atoms with E-state index in [1.807, 2.05) is 6.92 Å². The van der Waals surface area contributed by atoms with Crippen LogP contribution in [-0.4, -0.2) is 20.7 Å². The minimum Gasteiger partial charge on any atom is -0.451 e. The molecular weight excluding hydrogens is 410 g/mol. The lowest BCUT2D eigenvalue weighted by Gasteiger charge is -2.07. The van der Waals surface area contributed by atoms with Gasteiger partial charge in [-0.25, -0.2) is 13.6 Å². The number of hydrogen-bond donors (Lipinski definition) is 1. The van der Waals surface area contributed by atoms with Crippen LogP contribution in [0.15, 0.2) is 56.2 Å². The molecule has 31 heavy (non-hydrogen) atoms. The van der Waals surface area contributed by atoms with Crippen molar-refractivity contribution >= 4 is 11.6 Å². The third-order valence-electron chi connectivity index (χ3n) is 4.54. The van der Waals surface area contributed by atoms with E-state index in [-0.39, 0.29) is 11.7 Å². The predicted octanol–water partition coefficient (Wildman–Crippen LogP) is 3.79. The first kappa shape index (κ1) is 20.2. The number of hydrogen-bond acceptors (Lipinski definition) is 6. The topological polar surface area (TPSA) is 103 Å². The number of carbonyl (C=O) groups excluding carboxylic acids is 1. The molecule has 158 valence electrons. The molecule has 0 aliphatic carbocycles. The van der Waals surface area contributed by atoms with E-state index in [4.69, 9.17) is 8.83 Å². The molecule has 4 aromatic rings. The van der Waals surface area contributed by atoms with Crippen LogP contribution < -0.4 is 11.1 Å². The number of furan rings is 1. The molecule has 4 rings (SSSR count). The smallest absolute Gasteiger partial charge is 0.437 e. The summed E-state index contributed by atoms with van der Waals surface area (Å²) in [7, 11) is 1.46. The molecule has 1 aromatic carbocycles. The summed E-state index contributed by atoms with van der Waals surface area (Å²) in [5, 5.41) is 6.17. The standard InChI is InChI=1S/C21H16F2N4O4/c1-3-15-12(9-11(10-24-15)20-26-27(2)21(29)31-20)16-7-8-17(30-16)19(28)25-18-13(22)5-4-6-14(18)23/h4-10H,3H2,1-2H3,(H,25,28). The number of aromatic nitrogens is 3. The van der Waals surface area contributed by atoms with Gasteiger partial charge in [0.25, 0.3) is 11.8 Å². The third kappa shape index (κ3) is 3.87. The zero-order chi connectivity index (χ0) is 22.1. The second-order valence-electron chi connectivity index (χ2n) is 6.58. The van der Waals surface area contributed by atoms with Crippen molar-refractivity contribution in [3.8, 4) is 22.8 Å². The summed E-state index contributed by atoms with van der Waals surface area (Å²) in [6.07, 6.45) is 2.08. The Morgan fingerprint density at radius 2 is 1.90 bits per heavy atom. The van der Waals surface area contributed by atoms with Gasteiger partial charge in [-0.05, 0) is 36.8 Å². The highest BCUT2D eigenvalue weighted by atomic mass is 19.1. The maximum atomic E-state index is 13.8. The number of pyridine rings is 1. The zero-order valence-corrected chi connectivity index (χ0v) is 16.5. The maximum absolute atomic E-state index is 13.8. The average Bonchev–Trinajstić information content (AvgIpc) is 3.37. The summed E-state index contributed by atoms with van der Waals surface area (Å²) in [6, 6.07) is 7.87. The summed E-state index contributed by atoms with van der Waals surface area (Å²) in [5.41, 5.74) is 1.11. The predicted molar refractivity (Wildman–Crippen MR) is 106 cm³/mol. The van der Waals surface area contributed by atoms with Gasteiger partial charge in [0, 0.05) is 18.8 Å². The first-order valence-electron chi connectivity index (χ1n) is 9.26. The van der Waals surface area contributed by atoms with Crippen molar-refractivity contribution in [1.82, 2.24) is 14.8 Å². The Balaban J connectivity index is 1.67. The molecule has 0 aliphatic heterocycles. The van der Waals surface area contributed by atoms with E-state index in [1.54, 1.807) is 12.1 Å². The van der Waals surface area contributed by atoms with Crippen LogP contribution in [0.4, 0.5) is 14.5 Å². The van der Waals surface area contributed by atoms with Crippen LogP contribution in [0, 0.1) is 11.6 Å². The van der Waals surface area contributed by atoms with E-state index in [0.717, 1.165) is 16.8 Å². The average molecular weight is 426 g/mol. The van der Waals surface area contributed by atoms with Crippen LogP contribution in [0.5, 0.6) is 0 Å². The van der Waals surface area contributed by atoms with E-state index in [0.29, 0.717) is 29.0 Å². The van der Waals surface area contributed by atoms with E-state index >= 15 is 0 Å². The van der Waals surface area contributed by atoms with E-state index in [9.17, 15) is 18.4 Å². The molecule has 0 unspecified atom stereocenters. The summed E-state index contributed by atoms with van der Waals surface area (Å²) in [6.45, 7) is 1.89. The van der Waals surface area contributed by atoms with E-state index in [2.05, 4.69) is 15.4 Å². The monoisotopic (exact) mass is 426 g/mol. The highest BCUT2D eigenvalue weighted by Crippen LogP contribution is 2.29. The molecule has 8 nitrogen and oxygen atoms in total. The molecule has 0 fully saturated rings. The number of benzene rings is 1. The van der Waals surface area contributed by atoms with Crippen LogP contribution >= 0.6 is 0 Å². The fourth-order valence-corrected chi connectivity index (χ4v) is 2.97. The van der Waals surface area contributed by atoms with Crippen molar-refractivity contribution in [1.29, 1.82) is 0 Å². The third-order valence-corrected chi connectivity index (χ3v) is 4.54. The van der Waals surface area contributed by atoms with E-state index < -0.39 is 29.0 Å². The van der Waals surface area contributed by atoms with Crippen molar-refractivity contribution in [2.75, 3.05) is 5.32 Å². The van der Waals surface area contributed by atoms with Crippen LogP contribution in [0.2, 0.25) is 0 Å². The fraction of sp³-hybridized carbons (Fsp3) is 0.143. The fourth-order valence-electron chi connectivity index (χ4n) is 2.97. The normalized spacial score (nSPS) is 11.0.